The molecule has 2 aromatic rings. The van der Waals surface area contributed by atoms with Crippen LogP contribution in [0, 0.1) is 0 Å². The van der Waals surface area contributed by atoms with Gasteiger partial charge >= 0.3 is 12.0 Å². The number of aromatic hydroxyl groups is 1. The fourth-order valence-electron chi connectivity index (χ4n) is 1.13. The molecule has 1 aromatic heterocycles. The Labute approximate surface area is 96.2 Å². The summed E-state index contributed by atoms with van der Waals surface area (Å²) in [5.41, 5.74) is -0.145. The van der Waals surface area contributed by atoms with Gasteiger partial charge in [-0.15, -0.1) is 0 Å². The zero-order valence-electron chi connectivity index (χ0n) is 8.57. The van der Waals surface area contributed by atoms with Crippen LogP contribution in [0.1, 0.15) is 10.5 Å². The average molecular weight is 232 g/mol. The fourth-order valence-corrected chi connectivity index (χ4v) is 1.13. The topological polar surface area (TPSA) is 92.5 Å². The number of carbonyl (C=O) groups is 1. The maximum absolute atomic E-state index is 10.7. The van der Waals surface area contributed by atoms with Crippen LogP contribution in [0.2, 0.25) is 0 Å². The maximum Gasteiger partial charge on any atom is 0.354 e. The predicted molar refractivity (Wildman–Crippen MR) is 57.2 cm³/mol. The molecule has 6 heteroatoms. The van der Waals surface area contributed by atoms with Crippen molar-refractivity contribution >= 4 is 5.97 Å². The fraction of sp³-hybridized carbons (Fsp3) is 0. The van der Waals surface area contributed by atoms with Gasteiger partial charge in [0.05, 0.1) is 0 Å². The summed E-state index contributed by atoms with van der Waals surface area (Å²) in [6.45, 7) is 0. The zero-order chi connectivity index (χ0) is 12.3. The van der Waals surface area contributed by atoms with Crippen LogP contribution < -0.4 is 4.74 Å². The summed E-state index contributed by atoms with van der Waals surface area (Å²) in [6, 6.07) is 7.13. The minimum absolute atomic E-state index is 0.0596. The summed E-state index contributed by atoms with van der Waals surface area (Å²) in [5, 5.41) is 17.8. The quantitative estimate of drug-likeness (QED) is 0.836. The first-order valence-corrected chi connectivity index (χ1v) is 4.68. The Morgan fingerprint density at radius 3 is 2.53 bits per heavy atom. The van der Waals surface area contributed by atoms with Gasteiger partial charge in [0.25, 0.3) is 0 Å². The minimum atomic E-state index is -1.15. The lowest BCUT2D eigenvalue weighted by Crippen LogP contribution is -2.02. The maximum atomic E-state index is 10.7. The molecule has 2 rings (SSSR count). The Balaban J connectivity index is 2.21. The molecule has 0 aliphatic rings. The number of phenolic OH excluding ortho intramolecular Hbond substituents is 1. The van der Waals surface area contributed by atoms with E-state index >= 15 is 0 Å². The zero-order valence-corrected chi connectivity index (χ0v) is 8.57. The highest BCUT2D eigenvalue weighted by Crippen LogP contribution is 2.20. The van der Waals surface area contributed by atoms with Crippen molar-refractivity contribution in [1.29, 1.82) is 0 Å². The average Bonchev–Trinajstić information content (AvgIpc) is 2.32. The number of carboxylic acid groups (broad SMARTS) is 1. The highest BCUT2D eigenvalue weighted by atomic mass is 16.5. The molecule has 0 radical (unpaired) electrons. The molecule has 1 heterocycles. The van der Waals surface area contributed by atoms with Crippen LogP contribution in [0.4, 0.5) is 0 Å². The van der Waals surface area contributed by atoms with E-state index in [0.717, 1.165) is 0 Å². The third kappa shape index (κ3) is 2.69. The van der Waals surface area contributed by atoms with Gasteiger partial charge < -0.3 is 14.9 Å². The van der Waals surface area contributed by atoms with Gasteiger partial charge in [-0.25, -0.2) is 9.78 Å². The SMILES string of the molecule is O=C(O)c1ccnc(Oc2ccc(O)cc2)n1. The Morgan fingerprint density at radius 2 is 1.88 bits per heavy atom. The third-order valence-corrected chi connectivity index (χ3v) is 1.90. The van der Waals surface area contributed by atoms with Gasteiger partial charge in [0, 0.05) is 6.20 Å². The number of phenols is 1. The molecule has 2 N–H and O–H groups in total. The Hall–Kier alpha value is -2.63. The van der Waals surface area contributed by atoms with Gasteiger partial charge in [0.1, 0.15) is 11.5 Å². The van der Waals surface area contributed by atoms with Crippen LogP contribution in [0.3, 0.4) is 0 Å². The van der Waals surface area contributed by atoms with Gasteiger partial charge in [-0.2, -0.15) is 4.98 Å². The van der Waals surface area contributed by atoms with Crippen molar-refractivity contribution in [3.05, 3.63) is 42.2 Å². The monoisotopic (exact) mass is 232 g/mol. The summed E-state index contributed by atoms with van der Waals surface area (Å²) in [4.78, 5) is 18.1. The van der Waals surface area contributed by atoms with E-state index in [-0.39, 0.29) is 17.5 Å². The molecule has 86 valence electrons. The van der Waals surface area contributed by atoms with Crippen molar-refractivity contribution in [3.8, 4) is 17.5 Å². The summed E-state index contributed by atoms with van der Waals surface area (Å²) in [6.07, 6.45) is 1.30. The summed E-state index contributed by atoms with van der Waals surface area (Å²) in [5.74, 6) is -0.633. The minimum Gasteiger partial charge on any atom is -0.508 e. The van der Waals surface area contributed by atoms with E-state index < -0.39 is 5.97 Å². The van der Waals surface area contributed by atoms with E-state index in [4.69, 9.17) is 14.9 Å². The van der Waals surface area contributed by atoms with Crippen LogP contribution in [0.25, 0.3) is 0 Å². The number of aromatic nitrogens is 2. The molecule has 0 atom stereocenters. The van der Waals surface area contributed by atoms with Crippen molar-refractivity contribution < 1.29 is 19.7 Å². The van der Waals surface area contributed by atoms with Crippen molar-refractivity contribution in [2.24, 2.45) is 0 Å². The molecular weight excluding hydrogens is 224 g/mol. The standard InChI is InChI=1S/C11H8N2O4/c14-7-1-3-8(4-2-7)17-11-12-6-5-9(13-11)10(15)16/h1-6,14H,(H,15,16). The van der Waals surface area contributed by atoms with Gasteiger partial charge in [0.2, 0.25) is 0 Å². The predicted octanol–water partition coefficient (Wildman–Crippen LogP) is 1.67. The second kappa shape index (κ2) is 4.48. The molecule has 0 unspecified atom stereocenters. The lowest BCUT2D eigenvalue weighted by molar-refractivity contribution is 0.0689. The molecule has 0 aliphatic carbocycles. The highest BCUT2D eigenvalue weighted by Gasteiger charge is 2.07. The van der Waals surface area contributed by atoms with Gasteiger partial charge in [0.15, 0.2) is 5.69 Å². The number of aromatic carboxylic acids is 1. The van der Waals surface area contributed by atoms with E-state index in [1.165, 1.54) is 36.5 Å². The number of benzene rings is 1. The van der Waals surface area contributed by atoms with E-state index in [0.29, 0.717) is 5.75 Å². The Kier molecular flexibility index (Phi) is 2.87. The molecule has 0 aliphatic heterocycles. The number of ether oxygens (including phenoxy) is 1. The molecular formula is C11H8N2O4. The molecule has 0 spiro atoms. The molecule has 0 saturated carbocycles. The van der Waals surface area contributed by atoms with Crippen LogP contribution in [-0.2, 0) is 0 Å². The van der Waals surface area contributed by atoms with Gasteiger partial charge in [-0.1, -0.05) is 0 Å². The van der Waals surface area contributed by atoms with Crippen LogP contribution in [0.5, 0.6) is 17.5 Å². The summed E-state index contributed by atoms with van der Waals surface area (Å²) >= 11 is 0. The second-order valence-corrected chi connectivity index (χ2v) is 3.13. The van der Waals surface area contributed by atoms with E-state index in [9.17, 15) is 4.79 Å². The molecule has 0 fully saturated rings. The second-order valence-electron chi connectivity index (χ2n) is 3.13. The molecule has 6 nitrogen and oxygen atoms in total. The van der Waals surface area contributed by atoms with E-state index in [2.05, 4.69) is 9.97 Å². The third-order valence-electron chi connectivity index (χ3n) is 1.90. The molecule has 17 heavy (non-hydrogen) atoms. The molecule has 0 bridgehead atoms. The van der Waals surface area contributed by atoms with Crippen molar-refractivity contribution in [2.45, 2.75) is 0 Å². The molecule has 0 saturated heterocycles. The summed E-state index contributed by atoms with van der Waals surface area (Å²) < 4.78 is 5.23. The smallest absolute Gasteiger partial charge is 0.354 e. The van der Waals surface area contributed by atoms with Crippen LogP contribution in [-0.4, -0.2) is 26.2 Å². The molecule has 0 amide bonds. The first-order valence-electron chi connectivity index (χ1n) is 4.68. The summed E-state index contributed by atoms with van der Waals surface area (Å²) in [7, 11) is 0. The van der Waals surface area contributed by atoms with E-state index in [1.54, 1.807) is 0 Å². The van der Waals surface area contributed by atoms with Gasteiger partial charge in [-0.05, 0) is 30.3 Å². The lowest BCUT2D eigenvalue weighted by atomic mass is 10.3. The number of carboxylic acids is 1. The van der Waals surface area contributed by atoms with Crippen molar-refractivity contribution in [3.63, 3.8) is 0 Å². The number of hydrogen-bond donors (Lipinski definition) is 2. The normalized spacial score (nSPS) is 9.88. The van der Waals surface area contributed by atoms with Crippen LogP contribution >= 0.6 is 0 Å². The lowest BCUT2D eigenvalue weighted by Gasteiger charge is -2.03. The number of hydrogen-bond acceptors (Lipinski definition) is 5. The first-order chi connectivity index (χ1) is 8.15. The van der Waals surface area contributed by atoms with Crippen molar-refractivity contribution in [1.82, 2.24) is 9.97 Å². The largest absolute Gasteiger partial charge is 0.508 e. The first kappa shape index (κ1) is 10.9. The highest BCUT2D eigenvalue weighted by molar-refractivity contribution is 5.85. The molecule has 1 aromatic carbocycles. The van der Waals surface area contributed by atoms with Gasteiger partial charge in [-0.3, -0.25) is 0 Å². The van der Waals surface area contributed by atoms with E-state index in [1.807, 2.05) is 0 Å². The Bertz CT molecular complexity index is 539. The number of rotatable bonds is 3. The van der Waals surface area contributed by atoms with Crippen molar-refractivity contribution in [2.75, 3.05) is 0 Å². The Morgan fingerprint density at radius 1 is 1.18 bits per heavy atom. The van der Waals surface area contributed by atoms with Crippen LogP contribution in [0.15, 0.2) is 36.5 Å². The number of nitrogens with zero attached hydrogens (tertiary/aromatic N) is 2.